The molecule has 0 aliphatic heterocycles. The molecule has 0 spiro atoms. The van der Waals surface area contributed by atoms with Gasteiger partial charge in [0.1, 0.15) is 22.8 Å². The lowest BCUT2D eigenvalue weighted by atomic mass is 10.0. The second-order valence-electron chi connectivity index (χ2n) is 9.43. The van der Waals surface area contributed by atoms with Gasteiger partial charge in [0, 0.05) is 12.5 Å². The molecule has 0 saturated heterocycles. The number of nitrogens with two attached hydrogens (primary N) is 2. The van der Waals surface area contributed by atoms with E-state index in [1.165, 1.54) is 31.2 Å². The van der Waals surface area contributed by atoms with Crippen molar-refractivity contribution in [2.45, 2.75) is 26.1 Å². The van der Waals surface area contributed by atoms with Crippen LogP contribution in [0.3, 0.4) is 0 Å². The van der Waals surface area contributed by atoms with Gasteiger partial charge in [0.15, 0.2) is 11.6 Å². The standard InChI is InChI=1S/C28H23F5N8O2/c1-14-16(7-5-8-18(14)28(31,32)33)13-40(27(42)43-2)23-24(34)37-26(38-25(23)35)41-21-11-17(29)12-36-22(21)20(39-41)10-15-6-3-4-9-19(15)30/h3-9,11-12H,10,13H2,1-2H3,(H4,34,35,37,38). The van der Waals surface area contributed by atoms with E-state index in [4.69, 9.17) is 16.2 Å². The average molecular weight is 599 g/mol. The molecule has 0 radical (unpaired) electrons. The van der Waals surface area contributed by atoms with E-state index in [2.05, 4.69) is 20.1 Å². The second-order valence-corrected chi connectivity index (χ2v) is 9.43. The summed E-state index contributed by atoms with van der Waals surface area (Å²) < 4.78 is 75.1. The average Bonchev–Trinajstić information content (AvgIpc) is 3.30. The molecule has 3 heterocycles. The number of methoxy groups -OCH3 is 1. The Bertz CT molecular complexity index is 1830. The first kappa shape index (κ1) is 29.2. The molecule has 0 aliphatic carbocycles. The number of carbonyl (C=O) groups is 1. The number of nitrogens with zero attached hydrogens (tertiary/aromatic N) is 6. The number of rotatable bonds is 6. The lowest BCUT2D eigenvalue weighted by Gasteiger charge is -2.25. The van der Waals surface area contributed by atoms with Crippen LogP contribution in [0.4, 0.5) is 44.1 Å². The maximum absolute atomic E-state index is 14.4. The van der Waals surface area contributed by atoms with Crippen LogP contribution in [0.25, 0.3) is 17.0 Å². The second kappa shape index (κ2) is 11.2. The van der Waals surface area contributed by atoms with Crippen LogP contribution in [0.2, 0.25) is 0 Å². The molecular formula is C28H23F5N8O2. The number of halogens is 5. The third-order valence-corrected chi connectivity index (χ3v) is 6.73. The number of ether oxygens (including phenoxy) is 1. The molecule has 3 aromatic heterocycles. The Hall–Kier alpha value is -5.34. The molecule has 0 aliphatic rings. The van der Waals surface area contributed by atoms with Gasteiger partial charge in [-0.15, -0.1) is 0 Å². The van der Waals surface area contributed by atoms with Crippen LogP contribution in [0.5, 0.6) is 0 Å². The van der Waals surface area contributed by atoms with E-state index >= 15 is 0 Å². The number of hydrogen-bond acceptors (Lipinski definition) is 8. The molecule has 0 unspecified atom stereocenters. The van der Waals surface area contributed by atoms with Crippen LogP contribution in [-0.4, -0.2) is 37.9 Å². The molecule has 15 heteroatoms. The summed E-state index contributed by atoms with van der Waals surface area (Å²) in [5.74, 6) is -2.09. The number of amides is 1. The summed E-state index contributed by atoms with van der Waals surface area (Å²) in [4.78, 5) is 26.2. The Kier molecular flexibility index (Phi) is 7.56. The van der Waals surface area contributed by atoms with Gasteiger partial charge in [0.25, 0.3) is 5.95 Å². The van der Waals surface area contributed by atoms with Crippen molar-refractivity contribution in [3.63, 3.8) is 0 Å². The van der Waals surface area contributed by atoms with Crippen molar-refractivity contribution in [2.75, 3.05) is 23.5 Å². The van der Waals surface area contributed by atoms with Crippen molar-refractivity contribution < 1.29 is 31.5 Å². The van der Waals surface area contributed by atoms with E-state index in [1.807, 2.05) is 0 Å². The Morgan fingerprint density at radius 1 is 1.02 bits per heavy atom. The fourth-order valence-electron chi connectivity index (χ4n) is 4.65. The number of anilines is 3. The highest BCUT2D eigenvalue weighted by Gasteiger charge is 2.34. The number of hydrogen-bond donors (Lipinski definition) is 2. The summed E-state index contributed by atoms with van der Waals surface area (Å²) in [7, 11) is 1.07. The first-order chi connectivity index (χ1) is 20.4. The summed E-state index contributed by atoms with van der Waals surface area (Å²) in [5, 5.41) is 4.43. The van der Waals surface area contributed by atoms with Gasteiger partial charge >= 0.3 is 12.3 Å². The van der Waals surface area contributed by atoms with Crippen LogP contribution in [0.1, 0.15) is 27.9 Å². The van der Waals surface area contributed by atoms with E-state index in [1.54, 1.807) is 12.1 Å². The minimum Gasteiger partial charge on any atom is -0.452 e. The van der Waals surface area contributed by atoms with Gasteiger partial charge < -0.3 is 16.2 Å². The SMILES string of the molecule is COC(=O)N(Cc1cccc(C(F)(F)F)c1C)c1c(N)nc(-n2nc(Cc3ccccc3F)c3ncc(F)cc32)nc1N. The monoisotopic (exact) mass is 598 g/mol. The normalized spacial score (nSPS) is 11.6. The number of alkyl halides is 3. The van der Waals surface area contributed by atoms with E-state index < -0.39 is 36.0 Å². The molecule has 43 heavy (non-hydrogen) atoms. The molecule has 222 valence electrons. The fraction of sp³-hybridized carbons (Fsp3) is 0.179. The molecule has 0 atom stereocenters. The fourth-order valence-corrected chi connectivity index (χ4v) is 4.65. The number of carbonyl (C=O) groups excluding carboxylic acids is 1. The predicted octanol–water partition coefficient (Wildman–Crippen LogP) is 5.34. The van der Waals surface area contributed by atoms with Gasteiger partial charge in [-0.2, -0.15) is 32.9 Å². The molecule has 1 amide bonds. The van der Waals surface area contributed by atoms with Crippen LogP contribution >= 0.6 is 0 Å². The van der Waals surface area contributed by atoms with Gasteiger partial charge in [-0.05, 0) is 35.7 Å². The topological polar surface area (TPSA) is 138 Å². The number of benzene rings is 2. The lowest BCUT2D eigenvalue weighted by Crippen LogP contribution is -2.33. The zero-order chi connectivity index (χ0) is 31.1. The van der Waals surface area contributed by atoms with Gasteiger partial charge in [-0.3, -0.25) is 4.90 Å². The number of fused-ring (bicyclic) bond motifs is 1. The van der Waals surface area contributed by atoms with Crippen LogP contribution in [0, 0.1) is 18.6 Å². The van der Waals surface area contributed by atoms with E-state index in [0.29, 0.717) is 5.56 Å². The molecule has 0 bridgehead atoms. The Morgan fingerprint density at radius 2 is 1.70 bits per heavy atom. The van der Waals surface area contributed by atoms with Gasteiger partial charge in [0.05, 0.1) is 36.6 Å². The Labute approximate surface area is 240 Å². The number of aromatic nitrogens is 5. The quantitative estimate of drug-likeness (QED) is 0.250. The largest absolute Gasteiger partial charge is 0.452 e. The van der Waals surface area contributed by atoms with Gasteiger partial charge in [0.2, 0.25) is 0 Å². The first-order valence-corrected chi connectivity index (χ1v) is 12.6. The van der Waals surface area contributed by atoms with E-state index in [-0.39, 0.29) is 57.5 Å². The molecule has 0 saturated carbocycles. The minimum atomic E-state index is -4.62. The van der Waals surface area contributed by atoms with Crippen LogP contribution in [0.15, 0.2) is 54.7 Å². The highest BCUT2D eigenvalue weighted by molar-refractivity contribution is 5.95. The van der Waals surface area contributed by atoms with Crippen molar-refractivity contribution in [1.29, 1.82) is 0 Å². The smallest absolute Gasteiger partial charge is 0.416 e. The van der Waals surface area contributed by atoms with Crippen LogP contribution in [-0.2, 0) is 23.9 Å². The van der Waals surface area contributed by atoms with Crippen molar-refractivity contribution in [1.82, 2.24) is 24.7 Å². The van der Waals surface area contributed by atoms with Crippen LogP contribution < -0.4 is 16.4 Å². The third-order valence-electron chi connectivity index (χ3n) is 6.73. The molecule has 0 fully saturated rings. The van der Waals surface area contributed by atoms with Crippen molar-refractivity contribution in [2.24, 2.45) is 0 Å². The summed E-state index contributed by atoms with van der Waals surface area (Å²) in [6.07, 6.45) is -4.62. The van der Waals surface area contributed by atoms with E-state index in [9.17, 15) is 26.7 Å². The molecule has 5 rings (SSSR count). The number of nitrogen functional groups attached to an aromatic ring is 2. The lowest BCUT2D eigenvalue weighted by molar-refractivity contribution is -0.138. The molecule has 2 aromatic carbocycles. The molecule has 10 nitrogen and oxygen atoms in total. The Balaban J connectivity index is 1.59. The van der Waals surface area contributed by atoms with E-state index in [0.717, 1.165) is 35.0 Å². The maximum atomic E-state index is 14.4. The summed E-state index contributed by atoms with van der Waals surface area (Å²) in [6.45, 7) is 0.862. The maximum Gasteiger partial charge on any atom is 0.416 e. The van der Waals surface area contributed by atoms with Crippen molar-refractivity contribution >= 4 is 34.4 Å². The summed E-state index contributed by atoms with van der Waals surface area (Å²) >= 11 is 0. The molecular weight excluding hydrogens is 575 g/mol. The van der Waals surface area contributed by atoms with Gasteiger partial charge in [-0.1, -0.05) is 30.3 Å². The number of pyridine rings is 1. The summed E-state index contributed by atoms with van der Waals surface area (Å²) in [6, 6.07) is 10.7. The zero-order valence-electron chi connectivity index (χ0n) is 22.7. The summed E-state index contributed by atoms with van der Waals surface area (Å²) in [5.41, 5.74) is 12.3. The van der Waals surface area contributed by atoms with Crippen molar-refractivity contribution in [3.05, 3.63) is 94.3 Å². The predicted molar refractivity (Wildman–Crippen MR) is 147 cm³/mol. The van der Waals surface area contributed by atoms with Gasteiger partial charge in [-0.25, -0.2) is 18.6 Å². The first-order valence-electron chi connectivity index (χ1n) is 12.6. The zero-order valence-corrected chi connectivity index (χ0v) is 22.7. The third kappa shape index (κ3) is 5.60. The van der Waals surface area contributed by atoms with Crippen molar-refractivity contribution in [3.8, 4) is 5.95 Å². The molecule has 4 N–H and O–H groups in total. The molecule has 5 aromatic rings. The Morgan fingerprint density at radius 3 is 2.35 bits per heavy atom. The minimum absolute atomic E-state index is 0.00428. The highest BCUT2D eigenvalue weighted by atomic mass is 19.4. The highest BCUT2D eigenvalue weighted by Crippen LogP contribution is 2.36.